The van der Waals surface area contributed by atoms with Crippen LogP contribution in [0.15, 0.2) is 24.3 Å². The second kappa shape index (κ2) is 10.6. The number of benzene rings is 1. The molecule has 2 aromatic rings. The molecule has 0 bridgehead atoms. The molecule has 5 rings (SSSR count). The van der Waals surface area contributed by atoms with Gasteiger partial charge < -0.3 is 29.8 Å². The van der Waals surface area contributed by atoms with Crippen LogP contribution in [-0.2, 0) is 24.5 Å². The van der Waals surface area contributed by atoms with E-state index < -0.39 is 52.3 Å². The van der Waals surface area contributed by atoms with Gasteiger partial charge in [0.1, 0.15) is 18.3 Å². The van der Waals surface area contributed by atoms with Gasteiger partial charge in [0, 0.05) is 29.9 Å². The molecule has 1 aromatic heterocycles. The number of hydrogen-bond acceptors (Lipinski definition) is 8. The first kappa shape index (κ1) is 27.1. The van der Waals surface area contributed by atoms with Crippen LogP contribution in [0.5, 0.6) is 5.75 Å². The summed E-state index contributed by atoms with van der Waals surface area (Å²) in [7, 11) is -3.79. The number of Topliss-reactive ketones (excluding diaryl/α,β-unsaturated/α-hetero) is 1. The van der Waals surface area contributed by atoms with Crippen molar-refractivity contribution in [1.29, 1.82) is 0 Å². The number of nitrogens with zero attached hydrogens (tertiary/aromatic N) is 1. The highest BCUT2D eigenvalue weighted by atomic mass is 32.2. The van der Waals surface area contributed by atoms with Crippen molar-refractivity contribution in [3.8, 4) is 5.75 Å². The summed E-state index contributed by atoms with van der Waals surface area (Å²) in [5.74, 6) is -2.00. The largest absolute Gasteiger partial charge is 0.389 e. The van der Waals surface area contributed by atoms with Crippen molar-refractivity contribution in [3.05, 3.63) is 30.0 Å². The topological polar surface area (TPSA) is 175 Å². The molecule has 5 atom stereocenters. The highest BCUT2D eigenvalue weighted by molar-refractivity contribution is 7.86. The van der Waals surface area contributed by atoms with Crippen molar-refractivity contribution in [1.82, 2.24) is 20.5 Å². The summed E-state index contributed by atoms with van der Waals surface area (Å²) in [6.07, 6.45) is 4.12. The molecule has 1 saturated carbocycles. The number of H-pyrrole nitrogens is 1. The van der Waals surface area contributed by atoms with Gasteiger partial charge in [0.15, 0.2) is 11.5 Å². The Kier molecular flexibility index (Phi) is 7.38. The minimum absolute atomic E-state index is 0.0802. The first-order chi connectivity index (χ1) is 18.6. The number of carbonyl (C=O) groups excluding carboxylic acids is 4. The SMILES string of the molecule is CS(=O)(=O)Oc1cccc2[nH]c(C(=O)N3CC4CCCC4C3C(=O)NC(CC3CCNC3=O)C(=O)CO)cc12. The fourth-order valence-electron chi connectivity index (χ4n) is 6.28. The van der Waals surface area contributed by atoms with E-state index in [1.165, 1.54) is 17.0 Å². The van der Waals surface area contributed by atoms with Crippen LogP contribution in [0.1, 0.15) is 42.6 Å². The molecular formula is C26H32N4O8S. The van der Waals surface area contributed by atoms with E-state index in [1.54, 1.807) is 12.1 Å². The number of carbonyl (C=O) groups is 4. The number of ketones is 1. The van der Waals surface area contributed by atoms with E-state index in [2.05, 4.69) is 15.6 Å². The summed E-state index contributed by atoms with van der Waals surface area (Å²) in [5, 5.41) is 15.4. The van der Waals surface area contributed by atoms with Gasteiger partial charge in [-0.05, 0) is 55.7 Å². The van der Waals surface area contributed by atoms with Crippen molar-refractivity contribution in [2.45, 2.75) is 44.2 Å². The second-order valence-electron chi connectivity index (χ2n) is 10.6. The summed E-state index contributed by atoms with van der Waals surface area (Å²) >= 11 is 0. The van der Waals surface area contributed by atoms with Gasteiger partial charge in [-0.25, -0.2) is 0 Å². The van der Waals surface area contributed by atoms with Crippen LogP contribution in [-0.4, -0.2) is 84.9 Å². The van der Waals surface area contributed by atoms with Crippen molar-refractivity contribution in [2.75, 3.05) is 26.0 Å². The van der Waals surface area contributed by atoms with Crippen molar-refractivity contribution >= 4 is 44.5 Å². The number of nitrogens with one attached hydrogen (secondary N) is 3. The van der Waals surface area contributed by atoms with Crippen LogP contribution in [0, 0.1) is 17.8 Å². The highest BCUT2D eigenvalue weighted by Gasteiger charge is 2.50. The lowest BCUT2D eigenvalue weighted by molar-refractivity contribution is -0.133. The molecule has 3 heterocycles. The predicted molar refractivity (Wildman–Crippen MR) is 139 cm³/mol. The monoisotopic (exact) mass is 560 g/mol. The molecule has 3 amide bonds. The maximum atomic E-state index is 13.8. The number of aliphatic hydroxyl groups is 1. The van der Waals surface area contributed by atoms with E-state index in [0.29, 0.717) is 30.4 Å². The molecule has 0 spiro atoms. The molecule has 4 N–H and O–H groups in total. The molecular weight excluding hydrogens is 528 g/mol. The van der Waals surface area contributed by atoms with Gasteiger partial charge in [0.25, 0.3) is 5.91 Å². The van der Waals surface area contributed by atoms with Gasteiger partial charge in [-0.1, -0.05) is 12.5 Å². The first-order valence-electron chi connectivity index (χ1n) is 13.1. The van der Waals surface area contributed by atoms with Gasteiger partial charge in [-0.15, -0.1) is 0 Å². The fourth-order valence-corrected chi connectivity index (χ4v) is 6.75. The lowest BCUT2D eigenvalue weighted by atomic mass is 9.92. The smallest absolute Gasteiger partial charge is 0.306 e. The number of amides is 3. The number of aromatic nitrogens is 1. The zero-order valence-electron chi connectivity index (χ0n) is 21.5. The standard InChI is InChI=1S/C26H32N4O8S/c1-39(36,37)38-22-7-3-6-18-17(22)11-20(28-18)26(35)30-12-15-4-2-5-16(15)23(30)25(34)29-19(21(32)13-31)10-14-8-9-27-24(14)33/h3,6-7,11,14-16,19,23,28,31H,2,4-5,8-10,12-13H2,1H3,(H,27,33)(H,29,34). The Hall–Kier alpha value is -3.45. The van der Waals surface area contributed by atoms with Gasteiger partial charge in [0.05, 0.1) is 12.3 Å². The minimum atomic E-state index is -3.79. The number of hydrogen-bond donors (Lipinski definition) is 4. The number of aromatic amines is 1. The third-order valence-electron chi connectivity index (χ3n) is 8.06. The average Bonchev–Trinajstić information content (AvgIpc) is 3.66. The molecule has 12 nitrogen and oxygen atoms in total. The number of rotatable bonds is 9. The lowest BCUT2D eigenvalue weighted by Crippen LogP contribution is -2.53. The molecule has 13 heteroatoms. The van der Waals surface area contributed by atoms with Crippen LogP contribution in [0.3, 0.4) is 0 Å². The summed E-state index contributed by atoms with van der Waals surface area (Å²) in [6, 6.07) is 4.43. The van der Waals surface area contributed by atoms with E-state index in [1.807, 2.05) is 0 Å². The van der Waals surface area contributed by atoms with Gasteiger partial charge in [-0.2, -0.15) is 8.42 Å². The van der Waals surface area contributed by atoms with Crippen LogP contribution in [0.4, 0.5) is 0 Å². The zero-order valence-corrected chi connectivity index (χ0v) is 22.3. The van der Waals surface area contributed by atoms with Gasteiger partial charge >= 0.3 is 10.1 Å². The molecule has 210 valence electrons. The van der Waals surface area contributed by atoms with Gasteiger partial charge in [-0.3, -0.25) is 19.2 Å². The fraction of sp³-hybridized carbons (Fsp3) is 0.538. The second-order valence-corrected chi connectivity index (χ2v) is 12.2. The van der Waals surface area contributed by atoms with Gasteiger partial charge in [0.2, 0.25) is 11.8 Å². The van der Waals surface area contributed by atoms with E-state index in [-0.39, 0.29) is 35.6 Å². The normalized spacial score (nSPS) is 25.4. The van der Waals surface area contributed by atoms with Crippen LogP contribution in [0.25, 0.3) is 10.9 Å². The maximum Gasteiger partial charge on any atom is 0.306 e. The molecule has 0 radical (unpaired) electrons. The van der Waals surface area contributed by atoms with Crippen molar-refractivity contribution < 1.29 is 36.9 Å². The Morgan fingerprint density at radius 1 is 1.23 bits per heavy atom. The van der Waals surface area contributed by atoms with Crippen LogP contribution in [0.2, 0.25) is 0 Å². The Balaban J connectivity index is 1.40. The van der Waals surface area contributed by atoms with E-state index in [9.17, 15) is 32.7 Å². The third kappa shape index (κ3) is 5.50. The predicted octanol–water partition coefficient (Wildman–Crippen LogP) is 0.319. The summed E-state index contributed by atoms with van der Waals surface area (Å²) in [5.41, 5.74) is 0.682. The summed E-state index contributed by atoms with van der Waals surface area (Å²) in [4.78, 5) is 56.5. The minimum Gasteiger partial charge on any atom is -0.389 e. The molecule has 39 heavy (non-hydrogen) atoms. The number of aliphatic hydroxyl groups excluding tert-OH is 1. The summed E-state index contributed by atoms with van der Waals surface area (Å²) < 4.78 is 28.5. The molecule has 1 aliphatic carbocycles. The highest BCUT2D eigenvalue weighted by Crippen LogP contribution is 2.43. The molecule has 2 saturated heterocycles. The third-order valence-corrected chi connectivity index (χ3v) is 8.54. The Labute approximate surface area is 225 Å². The first-order valence-corrected chi connectivity index (χ1v) is 14.9. The van der Waals surface area contributed by atoms with Crippen LogP contribution < -0.4 is 14.8 Å². The molecule has 5 unspecified atom stereocenters. The number of likely N-dealkylation sites (tertiary alicyclic amines) is 1. The number of fused-ring (bicyclic) bond motifs is 2. The Morgan fingerprint density at radius 3 is 2.72 bits per heavy atom. The Morgan fingerprint density at radius 2 is 2.03 bits per heavy atom. The quantitative estimate of drug-likeness (QED) is 0.317. The van der Waals surface area contributed by atoms with Crippen molar-refractivity contribution in [2.24, 2.45) is 17.8 Å². The van der Waals surface area contributed by atoms with Crippen molar-refractivity contribution in [3.63, 3.8) is 0 Å². The van der Waals surface area contributed by atoms with E-state index >= 15 is 0 Å². The lowest BCUT2D eigenvalue weighted by Gasteiger charge is -2.29. The molecule has 3 aliphatic rings. The molecule has 3 fully saturated rings. The molecule has 1 aromatic carbocycles. The van der Waals surface area contributed by atoms with Crippen LogP contribution >= 0.6 is 0 Å². The summed E-state index contributed by atoms with van der Waals surface area (Å²) in [6.45, 7) is 0.0898. The molecule has 2 aliphatic heterocycles. The maximum absolute atomic E-state index is 13.8. The Bertz CT molecular complexity index is 1420. The zero-order chi connectivity index (χ0) is 27.9. The average molecular weight is 561 g/mol. The van der Waals surface area contributed by atoms with E-state index in [0.717, 1.165) is 25.5 Å². The van der Waals surface area contributed by atoms with E-state index in [4.69, 9.17) is 4.18 Å².